The zero-order valence-corrected chi connectivity index (χ0v) is 5.71. The van der Waals surface area contributed by atoms with E-state index in [1.54, 1.807) is 0 Å². The normalized spacial score (nSPS) is 8.80. The van der Waals surface area contributed by atoms with Crippen molar-refractivity contribution in [2.24, 2.45) is 0 Å². The van der Waals surface area contributed by atoms with E-state index in [0.717, 1.165) is 0 Å². The van der Waals surface area contributed by atoms with E-state index in [0.29, 0.717) is 0 Å². The fourth-order valence-electron chi connectivity index (χ4n) is 0.577. The Morgan fingerprint density at radius 1 is 1.50 bits per heavy atom. The van der Waals surface area contributed by atoms with Gasteiger partial charge in [0.1, 0.15) is 10.8 Å². The second kappa shape index (κ2) is 2.54. The molecule has 0 atom stereocenters. The summed E-state index contributed by atoms with van der Waals surface area (Å²) in [5.41, 5.74) is 0.250. The van der Waals surface area contributed by atoms with Crippen LogP contribution in [0.2, 0.25) is 5.02 Å². The maximum atomic E-state index is 8.83. The van der Waals surface area contributed by atoms with Gasteiger partial charge in [-0.15, -0.1) is 0 Å². The van der Waals surface area contributed by atoms with E-state index in [1.165, 1.54) is 18.2 Å². The monoisotopic (exact) mass is 155 g/mol. The molecule has 4 heteroatoms. The van der Waals surface area contributed by atoms with Gasteiger partial charge in [0, 0.05) is 12.1 Å². The van der Waals surface area contributed by atoms with E-state index in [2.05, 4.69) is 4.98 Å². The standard InChI is InChI=1S/C6H3ClN2O/c7-5-3-4(10)1-2-6(5)9-8/h1-3H/p+1. The van der Waals surface area contributed by atoms with Crippen molar-refractivity contribution in [3.63, 3.8) is 0 Å². The molecule has 1 N–H and O–H groups in total. The van der Waals surface area contributed by atoms with Crippen molar-refractivity contribution in [2.45, 2.75) is 0 Å². The molecule has 3 nitrogen and oxygen atoms in total. The second-order valence-electron chi connectivity index (χ2n) is 1.74. The van der Waals surface area contributed by atoms with Gasteiger partial charge in [-0.3, -0.25) is 0 Å². The maximum Gasteiger partial charge on any atom is 0.403 e. The Morgan fingerprint density at radius 2 is 2.20 bits per heavy atom. The van der Waals surface area contributed by atoms with Crippen LogP contribution in [0.1, 0.15) is 0 Å². The van der Waals surface area contributed by atoms with E-state index in [9.17, 15) is 0 Å². The van der Waals surface area contributed by atoms with Gasteiger partial charge in [0.25, 0.3) is 0 Å². The van der Waals surface area contributed by atoms with Gasteiger partial charge in [-0.05, 0) is 6.07 Å². The molecule has 0 amide bonds. The number of hydrogen-bond acceptors (Lipinski definition) is 2. The lowest BCUT2D eigenvalue weighted by Gasteiger charge is -1.86. The maximum absolute atomic E-state index is 8.83. The Balaban J connectivity index is 3.23. The fourth-order valence-corrected chi connectivity index (χ4v) is 0.789. The van der Waals surface area contributed by atoms with E-state index < -0.39 is 0 Å². The Labute approximate surface area is 62.5 Å². The van der Waals surface area contributed by atoms with E-state index in [-0.39, 0.29) is 16.5 Å². The van der Waals surface area contributed by atoms with E-state index >= 15 is 0 Å². The van der Waals surface area contributed by atoms with Gasteiger partial charge in [0.15, 0.2) is 4.98 Å². The summed E-state index contributed by atoms with van der Waals surface area (Å²) in [7, 11) is 0. The van der Waals surface area contributed by atoms with Crippen LogP contribution < -0.4 is 0 Å². The minimum Gasteiger partial charge on any atom is -0.508 e. The summed E-state index contributed by atoms with van der Waals surface area (Å²) in [5, 5.41) is 17.3. The largest absolute Gasteiger partial charge is 0.508 e. The van der Waals surface area contributed by atoms with Crippen molar-refractivity contribution < 1.29 is 5.11 Å². The first-order valence-corrected chi connectivity index (χ1v) is 2.95. The molecule has 0 unspecified atom stereocenters. The summed E-state index contributed by atoms with van der Waals surface area (Å²) in [6.45, 7) is 0. The van der Waals surface area contributed by atoms with Gasteiger partial charge >= 0.3 is 5.69 Å². The Bertz CT molecular complexity index is 292. The van der Waals surface area contributed by atoms with E-state index in [4.69, 9.17) is 22.1 Å². The number of benzene rings is 1. The number of aromatic hydroxyl groups is 1. The molecule has 1 aromatic carbocycles. The average molecular weight is 156 g/mol. The molecule has 0 aliphatic carbocycles. The predicted octanol–water partition coefficient (Wildman–Crippen LogP) is 2.53. The van der Waals surface area contributed by atoms with Crippen molar-refractivity contribution in [1.82, 2.24) is 0 Å². The molecule has 0 heterocycles. The number of phenols is 1. The molecule has 0 saturated carbocycles. The van der Waals surface area contributed by atoms with Crippen LogP contribution in [0.25, 0.3) is 4.98 Å². The van der Waals surface area contributed by atoms with Gasteiger partial charge in [0.2, 0.25) is 5.39 Å². The summed E-state index contributed by atoms with van der Waals surface area (Å²) in [6, 6.07) is 4.11. The number of phenolic OH excluding ortho intramolecular Hbond substituents is 1. The quantitative estimate of drug-likeness (QED) is 0.586. The number of diazo groups is 1. The molecule has 0 radical (unpaired) electrons. The van der Waals surface area contributed by atoms with Crippen LogP contribution in [0, 0.1) is 5.39 Å². The SMILES string of the molecule is N#[N+]c1ccc(O)cc1Cl. The van der Waals surface area contributed by atoms with Crippen LogP contribution in [0.3, 0.4) is 0 Å². The summed E-state index contributed by atoms with van der Waals surface area (Å²) >= 11 is 5.52. The fraction of sp³-hybridized carbons (Fsp3) is 0. The lowest BCUT2D eigenvalue weighted by molar-refractivity contribution is 0.475. The molecule has 0 aliphatic rings. The van der Waals surface area contributed by atoms with Crippen LogP contribution in [0.4, 0.5) is 5.69 Å². The molecule has 0 saturated heterocycles. The molecule has 50 valence electrons. The molecule has 0 bridgehead atoms. The lowest BCUT2D eigenvalue weighted by atomic mass is 10.3. The van der Waals surface area contributed by atoms with Crippen LogP contribution >= 0.6 is 11.6 Å². The Hall–Kier alpha value is -1.27. The van der Waals surface area contributed by atoms with Crippen molar-refractivity contribution in [3.05, 3.63) is 28.2 Å². The molecule has 0 spiro atoms. The third kappa shape index (κ3) is 1.17. The highest BCUT2D eigenvalue weighted by Gasteiger charge is 2.10. The van der Waals surface area contributed by atoms with Crippen LogP contribution in [0.5, 0.6) is 5.75 Å². The zero-order chi connectivity index (χ0) is 7.56. The third-order valence-electron chi connectivity index (χ3n) is 1.04. The summed E-state index contributed by atoms with van der Waals surface area (Å²) in [6.07, 6.45) is 0. The first-order valence-electron chi connectivity index (χ1n) is 2.57. The van der Waals surface area contributed by atoms with Crippen LogP contribution in [0.15, 0.2) is 18.2 Å². The number of rotatable bonds is 0. The van der Waals surface area contributed by atoms with Gasteiger partial charge in [-0.1, -0.05) is 11.6 Å². The van der Waals surface area contributed by atoms with Crippen LogP contribution in [-0.4, -0.2) is 5.11 Å². The molecule has 1 aromatic rings. The van der Waals surface area contributed by atoms with Gasteiger partial charge in [-0.2, -0.15) is 0 Å². The minimum absolute atomic E-state index is 0.0531. The molecule has 0 aliphatic heterocycles. The van der Waals surface area contributed by atoms with Crippen molar-refractivity contribution >= 4 is 17.3 Å². The average Bonchev–Trinajstić information content (AvgIpc) is 1.88. The number of halogens is 1. The molecule has 1 rings (SSSR count). The molecule has 10 heavy (non-hydrogen) atoms. The second-order valence-corrected chi connectivity index (χ2v) is 2.14. The zero-order valence-electron chi connectivity index (χ0n) is 4.95. The highest BCUT2D eigenvalue weighted by Crippen LogP contribution is 2.27. The number of hydrogen-bond donors (Lipinski definition) is 1. The Kier molecular flexibility index (Phi) is 1.74. The predicted molar refractivity (Wildman–Crippen MR) is 37.9 cm³/mol. The highest BCUT2D eigenvalue weighted by atomic mass is 35.5. The van der Waals surface area contributed by atoms with Gasteiger partial charge in [-0.25, -0.2) is 0 Å². The smallest absolute Gasteiger partial charge is 0.403 e. The lowest BCUT2D eigenvalue weighted by Crippen LogP contribution is -1.65. The molecule has 0 fully saturated rings. The molecular weight excluding hydrogens is 152 g/mol. The summed E-state index contributed by atoms with van der Waals surface area (Å²) < 4.78 is 0. The van der Waals surface area contributed by atoms with Gasteiger partial charge in [0.05, 0.1) is 0 Å². The molecule has 0 aromatic heterocycles. The highest BCUT2D eigenvalue weighted by molar-refractivity contribution is 6.33. The van der Waals surface area contributed by atoms with Crippen molar-refractivity contribution in [3.8, 4) is 5.75 Å². The van der Waals surface area contributed by atoms with Crippen molar-refractivity contribution in [1.29, 1.82) is 5.39 Å². The van der Waals surface area contributed by atoms with Gasteiger partial charge < -0.3 is 5.11 Å². The summed E-state index contributed by atoms with van der Waals surface area (Å²) in [4.78, 5) is 2.87. The topological polar surface area (TPSA) is 48.4 Å². The van der Waals surface area contributed by atoms with Crippen molar-refractivity contribution in [2.75, 3.05) is 0 Å². The molecular formula is C6H4ClN2O+. The first kappa shape index (κ1) is 6.84. The number of nitrogens with zero attached hydrogens (tertiary/aromatic N) is 2. The summed E-state index contributed by atoms with van der Waals surface area (Å²) in [5.74, 6) is 0.0531. The van der Waals surface area contributed by atoms with E-state index in [1.807, 2.05) is 0 Å². The first-order chi connectivity index (χ1) is 4.74. The third-order valence-corrected chi connectivity index (χ3v) is 1.34. The van der Waals surface area contributed by atoms with Crippen LogP contribution in [-0.2, 0) is 0 Å². The Morgan fingerprint density at radius 3 is 2.70 bits per heavy atom. The minimum atomic E-state index is 0.0531.